The van der Waals surface area contributed by atoms with Crippen molar-refractivity contribution in [2.24, 2.45) is 5.10 Å². The summed E-state index contributed by atoms with van der Waals surface area (Å²) in [7, 11) is 1.63. The topological polar surface area (TPSA) is 69.2 Å². The van der Waals surface area contributed by atoms with E-state index in [0.29, 0.717) is 18.1 Å². The van der Waals surface area contributed by atoms with Crippen LogP contribution in [0.15, 0.2) is 82.4 Å². The maximum atomic E-state index is 12.3. The number of carbonyl (C=O) groups is 1. The van der Waals surface area contributed by atoms with Gasteiger partial charge in [0, 0.05) is 5.56 Å². The van der Waals surface area contributed by atoms with Crippen molar-refractivity contribution in [2.75, 3.05) is 7.11 Å². The van der Waals surface area contributed by atoms with E-state index in [0.717, 1.165) is 21.3 Å². The predicted octanol–water partition coefficient (Wildman–Crippen LogP) is 4.95. The van der Waals surface area contributed by atoms with E-state index in [1.54, 1.807) is 26.3 Å². The molecule has 3 rings (SSSR count). The molecule has 0 heterocycles. The summed E-state index contributed by atoms with van der Waals surface area (Å²) in [5, 5.41) is 4.05. The zero-order valence-electron chi connectivity index (χ0n) is 17.2. The van der Waals surface area contributed by atoms with E-state index in [9.17, 15) is 4.79 Å². The highest BCUT2D eigenvalue weighted by Gasteiger charge is 2.15. The molecule has 0 aliphatic heterocycles. The van der Waals surface area contributed by atoms with Crippen molar-refractivity contribution in [3.05, 3.63) is 88.4 Å². The Labute approximate surface area is 190 Å². The van der Waals surface area contributed by atoms with E-state index < -0.39 is 6.10 Å². The maximum absolute atomic E-state index is 12.3. The number of rotatable bonds is 9. The molecular formula is C24H23BrN2O4. The van der Waals surface area contributed by atoms with E-state index >= 15 is 0 Å². The van der Waals surface area contributed by atoms with E-state index in [1.165, 1.54) is 0 Å². The molecule has 3 aromatic rings. The second-order valence-electron chi connectivity index (χ2n) is 6.60. The number of para-hydroxylation sites is 2. The molecule has 0 spiro atoms. The van der Waals surface area contributed by atoms with Gasteiger partial charge in [0.15, 0.2) is 6.10 Å². The SMILES string of the molecule is COc1cccc(COc2ccccc2/C=N/NC(=O)C(C)Oc2ccccc2Br)c1. The van der Waals surface area contributed by atoms with Crippen molar-refractivity contribution in [1.82, 2.24) is 5.43 Å². The van der Waals surface area contributed by atoms with Gasteiger partial charge in [-0.2, -0.15) is 5.10 Å². The Morgan fingerprint density at radius 3 is 2.58 bits per heavy atom. The molecule has 1 N–H and O–H groups in total. The third kappa shape index (κ3) is 6.58. The number of nitrogens with one attached hydrogen (secondary N) is 1. The Bertz CT molecular complexity index is 1060. The maximum Gasteiger partial charge on any atom is 0.280 e. The number of methoxy groups -OCH3 is 1. The van der Waals surface area contributed by atoms with E-state index in [1.807, 2.05) is 66.7 Å². The number of carbonyl (C=O) groups excluding carboxylic acids is 1. The van der Waals surface area contributed by atoms with Crippen LogP contribution in [0.25, 0.3) is 0 Å². The van der Waals surface area contributed by atoms with Crippen molar-refractivity contribution in [3.8, 4) is 17.2 Å². The molecule has 1 atom stereocenters. The van der Waals surface area contributed by atoms with Gasteiger partial charge in [0.05, 0.1) is 17.8 Å². The molecule has 31 heavy (non-hydrogen) atoms. The molecule has 160 valence electrons. The Kier molecular flexibility index (Phi) is 8.06. The lowest BCUT2D eigenvalue weighted by atomic mass is 10.2. The molecule has 0 saturated carbocycles. The Morgan fingerprint density at radius 1 is 1.06 bits per heavy atom. The minimum absolute atomic E-state index is 0.359. The molecule has 0 aromatic heterocycles. The number of hydrogen-bond acceptors (Lipinski definition) is 5. The molecule has 6 nitrogen and oxygen atoms in total. The molecule has 0 aliphatic carbocycles. The third-order valence-corrected chi connectivity index (χ3v) is 4.99. The van der Waals surface area contributed by atoms with Crippen molar-refractivity contribution < 1.29 is 19.0 Å². The number of halogens is 1. The normalized spacial score (nSPS) is 11.7. The minimum Gasteiger partial charge on any atom is -0.497 e. The zero-order valence-corrected chi connectivity index (χ0v) is 18.8. The average molecular weight is 483 g/mol. The molecular weight excluding hydrogens is 460 g/mol. The summed E-state index contributed by atoms with van der Waals surface area (Å²) in [6, 6.07) is 22.5. The van der Waals surface area contributed by atoms with Gasteiger partial charge < -0.3 is 14.2 Å². The van der Waals surface area contributed by atoms with Crippen LogP contribution in [0.1, 0.15) is 18.1 Å². The number of hydrazone groups is 1. The number of benzene rings is 3. The molecule has 1 amide bonds. The first-order chi connectivity index (χ1) is 15.1. The molecule has 3 aromatic carbocycles. The number of amides is 1. The van der Waals surface area contributed by atoms with Gasteiger partial charge in [0.2, 0.25) is 0 Å². The molecule has 1 unspecified atom stereocenters. The van der Waals surface area contributed by atoms with E-state index in [4.69, 9.17) is 14.2 Å². The molecule has 0 aliphatic rings. The number of ether oxygens (including phenoxy) is 3. The number of nitrogens with zero attached hydrogens (tertiary/aromatic N) is 1. The van der Waals surface area contributed by atoms with Crippen LogP contribution in [0.4, 0.5) is 0 Å². The van der Waals surface area contributed by atoms with Gasteiger partial charge in [-0.1, -0.05) is 36.4 Å². The highest BCUT2D eigenvalue weighted by molar-refractivity contribution is 9.10. The minimum atomic E-state index is -0.713. The fourth-order valence-corrected chi connectivity index (χ4v) is 3.06. The van der Waals surface area contributed by atoms with Gasteiger partial charge in [-0.25, -0.2) is 5.43 Å². The highest BCUT2D eigenvalue weighted by atomic mass is 79.9. The lowest BCUT2D eigenvalue weighted by Gasteiger charge is -2.14. The summed E-state index contributed by atoms with van der Waals surface area (Å²) in [6.45, 7) is 2.04. The van der Waals surface area contributed by atoms with Crippen molar-refractivity contribution in [1.29, 1.82) is 0 Å². The van der Waals surface area contributed by atoms with Crippen LogP contribution in [-0.2, 0) is 11.4 Å². The standard InChI is InChI=1S/C24H23BrN2O4/c1-17(31-23-13-6-4-11-21(23)25)24(28)27-26-15-19-9-3-5-12-22(19)30-16-18-8-7-10-20(14-18)29-2/h3-15,17H,16H2,1-2H3,(H,27,28)/b26-15+. The van der Waals surface area contributed by atoms with Gasteiger partial charge in [-0.3, -0.25) is 4.79 Å². The van der Waals surface area contributed by atoms with Crippen molar-refractivity contribution in [2.45, 2.75) is 19.6 Å². The van der Waals surface area contributed by atoms with Crippen LogP contribution < -0.4 is 19.6 Å². The van der Waals surface area contributed by atoms with Gasteiger partial charge in [0.25, 0.3) is 5.91 Å². The summed E-state index contributed by atoms with van der Waals surface area (Å²) in [6.07, 6.45) is 0.833. The van der Waals surface area contributed by atoms with Crippen LogP contribution >= 0.6 is 15.9 Å². The zero-order chi connectivity index (χ0) is 22.1. The van der Waals surface area contributed by atoms with Crippen molar-refractivity contribution >= 4 is 28.1 Å². The summed E-state index contributed by atoms with van der Waals surface area (Å²) in [5.74, 6) is 1.66. The fourth-order valence-electron chi connectivity index (χ4n) is 2.68. The van der Waals surface area contributed by atoms with Gasteiger partial charge >= 0.3 is 0 Å². The molecule has 0 fully saturated rings. The second kappa shape index (κ2) is 11.2. The van der Waals surface area contributed by atoms with Crippen LogP contribution in [0.2, 0.25) is 0 Å². The molecule has 0 bridgehead atoms. The highest BCUT2D eigenvalue weighted by Crippen LogP contribution is 2.25. The van der Waals surface area contributed by atoms with E-state index in [-0.39, 0.29) is 5.91 Å². The van der Waals surface area contributed by atoms with Crippen molar-refractivity contribution in [3.63, 3.8) is 0 Å². The summed E-state index contributed by atoms with van der Waals surface area (Å²) in [4.78, 5) is 12.3. The van der Waals surface area contributed by atoms with Crippen LogP contribution in [0.3, 0.4) is 0 Å². The molecule has 7 heteroatoms. The first kappa shape index (κ1) is 22.4. The Morgan fingerprint density at radius 2 is 1.81 bits per heavy atom. The average Bonchev–Trinajstić information content (AvgIpc) is 2.80. The van der Waals surface area contributed by atoms with E-state index in [2.05, 4.69) is 26.5 Å². The smallest absolute Gasteiger partial charge is 0.280 e. The van der Waals surface area contributed by atoms with Crippen LogP contribution in [-0.4, -0.2) is 25.3 Å². The monoisotopic (exact) mass is 482 g/mol. The van der Waals surface area contributed by atoms with Gasteiger partial charge in [0.1, 0.15) is 23.9 Å². The Hall–Kier alpha value is -3.32. The number of hydrogen-bond donors (Lipinski definition) is 1. The summed E-state index contributed by atoms with van der Waals surface area (Å²) < 4.78 is 17.6. The van der Waals surface area contributed by atoms with Crippen LogP contribution in [0, 0.1) is 0 Å². The molecule has 0 saturated heterocycles. The predicted molar refractivity (Wildman–Crippen MR) is 124 cm³/mol. The van der Waals surface area contributed by atoms with Crippen LogP contribution in [0.5, 0.6) is 17.2 Å². The summed E-state index contributed by atoms with van der Waals surface area (Å²) in [5.41, 5.74) is 4.23. The fraction of sp³-hybridized carbons (Fsp3) is 0.167. The van der Waals surface area contributed by atoms with Gasteiger partial charge in [-0.05, 0) is 64.8 Å². The summed E-state index contributed by atoms with van der Waals surface area (Å²) >= 11 is 3.40. The quantitative estimate of drug-likeness (QED) is 0.345. The van der Waals surface area contributed by atoms with Gasteiger partial charge in [-0.15, -0.1) is 0 Å². The lowest BCUT2D eigenvalue weighted by molar-refractivity contribution is -0.127. The second-order valence-corrected chi connectivity index (χ2v) is 7.46. The lowest BCUT2D eigenvalue weighted by Crippen LogP contribution is -2.33. The molecule has 0 radical (unpaired) electrons. The largest absolute Gasteiger partial charge is 0.497 e. The Balaban J connectivity index is 1.58. The first-order valence-corrected chi connectivity index (χ1v) is 10.4. The first-order valence-electron chi connectivity index (χ1n) is 9.65. The third-order valence-electron chi connectivity index (χ3n) is 4.34.